The van der Waals surface area contributed by atoms with Gasteiger partial charge in [0, 0.05) is 10.8 Å². The summed E-state index contributed by atoms with van der Waals surface area (Å²) in [6.07, 6.45) is 1.96. The molecule has 0 aromatic carbocycles. The van der Waals surface area contributed by atoms with E-state index in [4.69, 9.17) is 23.2 Å². The zero-order valence-corrected chi connectivity index (χ0v) is 12.3. The van der Waals surface area contributed by atoms with Gasteiger partial charge in [-0.3, -0.25) is 0 Å². The Bertz CT molecular complexity index is 215. The molecule has 3 atom stereocenters. The van der Waals surface area contributed by atoms with Crippen molar-refractivity contribution in [2.75, 3.05) is 0 Å². The van der Waals surface area contributed by atoms with E-state index in [0.29, 0.717) is 0 Å². The van der Waals surface area contributed by atoms with Gasteiger partial charge in [0.1, 0.15) is 0 Å². The van der Waals surface area contributed by atoms with Gasteiger partial charge >= 0.3 is 0 Å². The van der Waals surface area contributed by atoms with Gasteiger partial charge in [-0.25, -0.2) is 0 Å². The van der Waals surface area contributed by atoms with Crippen LogP contribution in [0.2, 0.25) is 0 Å². The molecule has 0 saturated heterocycles. The monoisotopic (exact) mass is 250 g/mol. The quantitative estimate of drug-likeness (QED) is 0.471. The number of hydrogen-bond donors (Lipinski definition) is 0. The minimum absolute atomic E-state index is 0.0105. The van der Waals surface area contributed by atoms with Crippen LogP contribution in [0.15, 0.2) is 12.7 Å². The van der Waals surface area contributed by atoms with E-state index < -0.39 is 0 Å². The average Bonchev–Trinajstić information content (AvgIpc) is 2.03. The molecule has 0 saturated carbocycles. The van der Waals surface area contributed by atoms with Gasteiger partial charge in [-0.2, -0.15) is 0 Å². The molecule has 0 N–H and O–H groups in total. The molecule has 0 aliphatic rings. The molecule has 90 valence electrons. The summed E-state index contributed by atoms with van der Waals surface area (Å²) >= 11 is 12.5. The van der Waals surface area contributed by atoms with E-state index in [9.17, 15) is 0 Å². The molecule has 0 aromatic heterocycles. The van der Waals surface area contributed by atoms with Crippen LogP contribution in [-0.2, 0) is 0 Å². The molecule has 0 spiro atoms. The lowest BCUT2D eigenvalue weighted by molar-refractivity contribution is 0.0604. The first-order valence-electron chi connectivity index (χ1n) is 5.49. The maximum absolute atomic E-state index is 6.28. The van der Waals surface area contributed by atoms with Crippen molar-refractivity contribution in [1.82, 2.24) is 0 Å². The average molecular weight is 251 g/mol. The van der Waals surface area contributed by atoms with E-state index in [1.807, 2.05) is 19.9 Å². The molecule has 15 heavy (non-hydrogen) atoms. The van der Waals surface area contributed by atoms with Crippen molar-refractivity contribution < 1.29 is 0 Å². The highest BCUT2D eigenvalue weighted by atomic mass is 35.5. The van der Waals surface area contributed by atoms with Crippen molar-refractivity contribution in [2.24, 2.45) is 16.7 Å². The van der Waals surface area contributed by atoms with E-state index in [0.717, 1.165) is 0 Å². The molecular weight excluding hydrogens is 227 g/mol. The van der Waals surface area contributed by atoms with Gasteiger partial charge in [-0.15, -0.1) is 29.8 Å². The Morgan fingerprint density at radius 3 is 1.60 bits per heavy atom. The molecular formula is C13H24Cl2. The number of rotatable bonds is 5. The minimum atomic E-state index is 0.0105. The van der Waals surface area contributed by atoms with E-state index in [1.54, 1.807) is 0 Å². The second-order valence-electron chi connectivity index (χ2n) is 5.50. The topological polar surface area (TPSA) is 0 Å². The highest BCUT2D eigenvalue weighted by Crippen LogP contribution is 2.50. The minimum Gasteiger partial charge on any atom is -0.123 e. The summed E-state index contributed by atoms with van der Waals surface area (Å²) in [6, 6.07) is 0. The number of halogens is 2. The van der Waals surface area contributed by atoms with Crippen molar-refractivity contribution in [3.05, 3.63) is 12.7 Å². The second kappa shape index (κ2) is 5.10. The van der Waals surface area contributed by atoms with E-state index in [2.05, 4.69) is 34.3 Å². The van der Waals surface area contributed by atoms with Crippen LogP contribution < -0.4 is 0 Å². The molecule has 0 rings (SSSR count). The van der Waals surface area contributed by atoms with Crippen molar-refractivity contribution in [1.29, 1.82) is 0 Å². The van der Waals surface area contributed by atoms with Gasteiger partial charge < -0.3 is 0 Å². The highest BCUT2D eigenvalue weighted by Gasteiger charge is 2.45. The Morgan fingerprint density at radius 2 is 1.40 bits per heavy atom. The predicted octanol–water partition coefficient (Wildman–Crippen LogP) is 5.10. The summed E-state index contributed by atoms with van der Waals surface area (Å²) in [5.74, 6) is 0.260. The fraction of sp³-hybridized carbons (Fsp3) is 0.846. The molecule has 0 aromatic rings. The van der Waals surface area contributed by atoms with Crippen LogP contribution in [-0.4, -0.2) is 10.8 Å². The maximum atomic E-state index is 6.28. The largest absolute Gasteiger partial charge is 0.123 e. The summed E-state index contributed by atoms with van der Waals surface area (Å²) in [6.45, 7) is 16.8. The smallest absolute Gasteiger partial charge is 0.0375 e. The van der Waals surface area contributed by atoms with E-state index in [1.165, 1.54) is 0 Å². The first-order valence-corrected chi connectivity index (χ1v) is 6.37. The Kier molecular flexibility index (Phi) is 5.21. The first kappa shape index (κ1) is 15.3. The van der Waals surface area contributed by atoms with Crippen LogP contribution in [0.25, 0.3) is 0 Å². The Balaban J connectivity index is 5.17. The van der Waals surface area contributed by atoms with Crippen LogP contribution in [0, 0.1) is 16.7 Å². The van der Waals surface area contributed by atoms with Gasteiger partial charge in [0.2, 0.25) is 0 Å². The lowest BCUT2D eigenvalue weighted by Crippen LogP contribution is -2.45. The molecule has 3 unspecified atom stereocenters. The first-order chi connectivity index (χ1) is 6.59. The molecule has 0 heterocycles. The third-order valence-electron chi connectivity index (χ3n) is 4.24. The molecule has 0 radical (unpaired) electrons. The maximum Gasteiger partial charge on any atom is 0.0375 e. The lowest BCUT2D eigenvalue weighted by atomic mass is 9.59. The predicted molar refractivity (Wildman–Crippen MR) is 71.9 cm³/mol. The summed E-state index contributed by atoms with van der Waals surface area (Å²) in [5.41, 5.74) is 0.0354. The number of allylic oxidation sites excluding steroid dienone is 1. The fourth-order valence-corrected chi connectivity index (χ4v) is 2.70. The third kappa shape index (κ3) is 2.91. The van der Waals surface area contributed by atoms with Crippen molar-refractivity contribution in [3.8, 4) is 0 Å². The normalized spacial score (nSPS) is 19.5. The van der Waals surface area contributed by atoms with E-state index in [-0.39, 0.29) is 27.5 Å². The second-order valence-corrected chi connectivity index (χ2v) is 6.84. The fourth-order valence-electron chi connectivity index (χ4n) is 2.00. The summed E-state index contributed by atoms with van der Waals surface area (Å²) in [4.78, 5) is 0. The zero-order chi connectivity index (χ0) is 12.4. The summed E-state index contributed by atoms with van der Waals surface area (Å²) in [7, 11) is 0. The molecule has 0 nitrogen and oxygen atoms in total. The molecule has 0 bridgehead atoms. The zero-order valence-electron chi connectivity index (χ0n) is 10.8. The van der Waals surface area contributed by atoms with Crippen LogP contribution in [0.4, 0.5) is 0 Å². The highest BCUT2D eigenvalue weighted by molar-refractivity contribution is 6.21. The Morgan fingerprint density at radius 1 is 1.00 bits per heavy atom. The van der Waals surface area contributed by atoms with Gasteiger partial charge in [0.25, 0.3) is 0 Å². The molecule has 2 heteroatoms. The summed E-state index contributed by atoms with van der Waals surface area (Å²) in [5, 5.41) is 0.178. The Hall–Kier alpha value is 0.320. The van der Waals surface area contributed by atoms with Crippen LogP contribution in [0.3, 0.4) is 0 Å². The van der Waals surface area contributed by atoms with Gasteiger partial charge in [0.15, 0.2) is 0 Å². The molecule has 0 aliphatic carbocycles. The third-order valence-corrected chi connectivity index (χ3v) is 5.05. The van der Waals surface area contributed by atoms with Crippen LogP contribution >= 0.6 is 23.2 Å². The molecule has 0 aliphatic heterocycles. The van der Waals surface area contributed by atoms with Crippen LogP contribution in [0.5, 0.6) is 0 Å². The van der Waals surface area contributed by atoms with Crippen molar-refractivity contribution in [3.63, 3.8) is 0 Å². The van der Waals surface area contributed by atoms with E-state index >= 15 is 0 Å². The lowest BCUT2D eigenvalue weighted by Gasteiger charge is -2.49. The van der Waals surface area contributed by atoms with Gasteiger partial charge in [-0.1, -0.05) is 33.8 Å². The van der Waals surface area contributed by atoms with Crippen molar-refractivity contribution in [2.45, 2.75) is 52.3 Å². The number of alkyl halides is 2. The SMILES string of the molecule is C=CC(C(C)Cl)C(C)(C)C(C)(C)C(C)Cl. The molecule has 0 fully saturated rings. The van der Waals surface area contributed by atoms with Gasteiger partial charge in [0.05, 0.1) is 0 Å². The standard InChI is InChI=1S/C13H24Cl2/c1-8-11(9(2)14)13(6,7)12(4,5)10(3)15/h8-11H,1H2,2-7H3. The summed E-state index contributed by atoms with van der Waals surface area (Å²) < 4.78 is 0. The number of hydrogen-bond acceptors (Lipinski definition) is 0. The Labute approximate surface area is 105 Å². The molecule has 0 amide bonds. The van der Waals surface area contributed by atoms with Crippen molar-refractivity contribution >= 4 is 23.2 Å². The van der Waals surface area contributed by atoms with Crippen LogP contribution in [0.1, 0.15) is 41.5 Å². The van der Waals surface area contributed by atoms with Gasteiger partial charge in [-0.05, 0) is 30.6 Å².